The average Bonchev–Trinajstić information content (AvgIpc) is 3.14. The molecule has 39 heavy (non-hydrogen) atoms. The van der Waals surface area contributed by atoms with Crippen molar-refractivity contribution in [2.45, 2.75) is 59.0 Å². The van der Waals surface area contributed by atoms with Crippen molar-refractivity contribution in [3.63, 3.8) is 0 Å². The molecule has 1 aliphatic heterocycles. The number of benzene rings is 1. The van der Waals surface area contributed by atoms with E-state index >= 15 is 4.39 Å². The van der Waals surface area contributed by atoms with E-state index in [0.29, 0.717) is 28.7 Å². The van der Waals surface area contributed by atoms with Crippen LogP contribution in [0, 0.1) is 5.82 Å². The molecule has 3 aromatic heterocycles. The van der Waals surface area contributed by atoms with Crippen molar-refractivity contribution in [1.82, 2.24) is 28.6 Å². The molecule has 4 aromatic rings. The maximum Gasteiger partial charge on any atom is 0.278 e. The quantitative estimate of drug-likeness (QED) is 0.396. The number of nitrogens with one attached hydrogen (secondary N) is 1. The second kappa shape index (κ2) is 9.53. The topological polar surface area (TPSA) is 115 Å². The Hall–Kier alpha value is -3.64. The first kappa shape index (κ1) is 26.9. The monoisotopic (exact) mass is 553 g/mol. The highest BCUT2D eigenvalue weighted by atomic mass is 32.2. The highest BCUT2D eigenvalue weighted by Crippen LogP contribution is 2.29. The minimum atomic E-state index is -3.41. The lowest BCUT2D eigenvalue weighted by Gasteiger charge is -2.27. The van der Waals surface area contributed by atoms with Gasteiger partial charge in [-0.05, 0) is 50.1 Å². The maximum absolute atomic E-state index is 15.1. The highest BCUT2D eigenvalue weighted by Gasteiger charge is 2.26. The van der Waals surface area contributed by atoms with Crippen molar-refractivity contribution >= 4 is 32.7 Å². The molecule has 1 aromatic carbocycles. The van der Waals surface area contributed by atoms with Gasteiger partial charge >= 0.3 is 0 Å². The summed E-state index contributed by atoms with van der Waals surface area (Å²) in [6, 6.07) is 6.72. The van der Waals surface area contributed by atoms with Gasteiger partial charge in [-0.3, -0.25) is 9.78 Å². The number of anilines is 2. The van der Waals surface area contributed by atoms with Crippen molar-refractivity contribution in [2.75, 3.05) is 18.1 Å². The van der Waals surface area contributed by atoms with Gasteiger partial charge in [-0.25, -0.2) is 27.2 Å². The van der Waals surface area contributed by atoms with E-state index < -0.39 is 15.8 Å². The SMILES string of the molecule is CC(C)n1c(=O)c2cnc(Nc3cc(F)c4c(c3)CCN(S(C)(=O)=O)C4)nc2n1-c1ccnc(C(C)(C)C)c1. The van der Waals surface area contributed by atoms with E-state index in [-0.39, 0.29) is 36.1 Å². The van der Waals surface area contributed by atoms with Crippen LogP contribution in [-0.4, -0.2) is 49.8 Å². The molecule has 12 heteroatoms. The molecule has 1 N–H and O–H groups in total. The number of aromatic nitrogens is 5. The summed E-state index contributed by atoms with van der Waals surface area (Å²) in [5.41, 5.74) is 3.16. The van der Waals surface area contributed by atoms with Crippen LogP contribution in [0.1, 0.15) is 57.5 Å². The minimum absolute atomic E-state index is 0.000219. The molecule has 0 saturated carbocycles. The van der Waals surface area contributed by atoms with Crippen molar-refractivity contribution in [1.29, 1.82) is 0 Å². The van der Waals surface area contributed by atoms with E-state index in [9.17, 15) is 13.2 Å². The first-order valence-corrected chi connectivity index (χ1v) is 14.6. The van der Waals surface area contributed by atoms with E-state index in [1.54, 1.807) is 21.6 Å². The number of sulfonamides is 1. The van der Waals surface area contributed by atoms with Crippen LogP contribution in [0.4, 0.5) is 16.0 Å². The summed E-state index contributed by atoms with van der Waals surface area (Å²) in [6.45, 7) is 10.4. The molecule has 0 fully saturated rings. The predicted molar refractivity (Wildman–Crippen MR) is 149 cm³/mol. The van der Waals surface area contributed by atoms with Gasteiger partial charge in [-0.1, -0.05) is 20.8 Å². The summed E-state index contributed by atoms with van der Waals surface area (Å²) >= 11 is 0. The van der Waals surface area contributed by atoms with Crippen molar-refractivity contribution < 1.29 is 12.8 Å². The number of fused-ring (bicyclic) bond motifs is 2. The maximum atomic E-state index is 15.1. The second-order valence-corrected chi connectivity index (χ2v) is 13.2. The Balaban J connectivity index is 1.58. The Bertz CT molecular complexity index is 1750. The van der Waals surface area contributed by atoms with Crippen LogP contribution in [0.15, 0.2) is 41.5 Å². The molecule has 0 spiro atoms. The predicted octanol–water partition coefficient (Wildman–Crippen LogP) is 4.06. The van der Waals surface area contributed by atoms with Gasteiger partial charge in [-0.2, -0.15) is 9.29 Å². The standard InChI is InChI=1S/C27H32FN7O3S/c1-16(2)34-25(36)20-14-30-26(32-24(20)35(34)19-7-9-29-23(13-19)27(3,4)5)31-18-11-17-8-10-33(39(6,37)38)15-21(17)22(28)12-18/h7,9,11-14,16H,8,10,15H2,1-6H3,(H,30,31,32). The van der Waals surface area contributed by atoms with Crippen LogP contribution in [-0.2, 0) is 28.4 Å². The smallest absolute Gasteiger partial charge is 0.278 e. The number of hydrogen-bond donors (Lipinski definition) is 1. The van der Waals surface area contributed by atoms with Gasteiger partial charge in [0.2, 0.25) is 16.0 Å². The van der Waals surface area contributed by atoms with Gasteiger partial charge in [0.1, 0.15) is 11.2 Å². The van der Waals surface area contributed by atoms with Gasteiger partial charge in [0, 0.05) is 53.9 Å². The third-order valence-corrected chi connectivity index (χ3v) is 8.10. The Kier molecular flexibility index (Phi) is 6.58. The Labute approximate surface area is 226 Å². The first-order chi connectivity index (χ1) is 18.2. The number of nitrogens with zero attached hydrogens (tertiary/aromatic N) is 6. The van der Waals surface area contributed by atoms with Crippen LogP contribution in [0.2, 0.25) is 0 Å². The highest BCUT2D eigenvalue weighted by molar-refractivity contribution is 7.88. The van der Waals surface area contributed by atoms with E-state index in [0.717, 1.165) is 23.2 Å². The van der Waals surface area contributed by atoms with E-state index in [4.69, 9.17) is 0 Å². The summed E-state index contributed by atoms with van der Waals surface area (Å²) < 4.78 is 43.6. The Morgan fingerprint density at radius 1 is 1.13 bits per heavy atom. The van der Waals surface area contributed by atoms with Gasteiger partial charge in [0.25, 0.3) is 5.56 Å². The molecular formula is C27H32FN7O3S. The Morgan fingerprint density at radius 3 is 2.54 bits per heavy atom. The van der Waals surface area contributed by atoms with Gasteiger partial charge < -0.3 is 5.32 Å². The molecule has 0 bridgehead atoms. The molecule has 0 unspecified atom stereocenters. The molecule has 0 atom stereocenters. The minimum Gasteiger partial charge on any atom is -0.324 e. The lowest BCUT2D eigenvalue weighted by molar-refractivity contribution is 0.385. The van der Waals surface area contributed by atoms with E-state index in [1.165, 1.54) is 16.6 Å². The molecule has 10 nitrogen and oxygen atoms in total. The number of rotatable bonds is 5. The summed E-state index contributed by atoms with van der Waals surface area (Å²) in [5, 5.41) is 3.43. The largest absolute Gasteiger partial charge is 0.324 e. The van der Waals surface area contributed by atoms with Crippen molar-refractivity contribution in [3.8, 4) is 5.69 Å². The number of pyridine rings is 1. The van der Waals surface area contributed by atoms with Crippen molar-refractivity contribution in [2.24, 2.45) is 0 Å². The normalized spacial score (nSPS) is 14.7. The molecule has 4 heterocycles. The number of hydrogen-bond acceptors (Lipinski definition) is 7. The summed E-state index contributed by atoms with van der Waals surface area (Å²) in [6.07, 6.45) is 4.72. The Morgan fingerprint density at radius 2 is 1.87 bits per heavy atom. The third kappa shape index (κ3) is 5.06. The summed E-state index contributed by atoms with van der Waals surface area (Å²) in [7, 11) is -3.41. The fourth-order valence-corrected chi connectivity index (χ4v) is 5.60. The zero-order valence-corrected chi connectivity index (χ0v) is 23.7. The molecule has 0 saturated heterocycles. The van der Waals surface area contributed by atoms with Crippen LogP contribution in [0.25, 0.3) is 16.7 Å². The number of halogens is 1. The third-order valence-electron chi connectivity index (χ3n) is 6.85. The molecule has 0 radical (unpaired) electrons. The summed E-state index contributed by atoms with van der Waals surface area (Å²) in [4.78, 5) is 26.9. The van der Waals surface area contributed by atoms with Crippen LogP contribution >= 0.6 is 0 Å². The molecular weight excluding hydrogens is 521 g/mol. The molecule has 0 amide bonds. The molecule has 0 aliphatic carbocycles. The molecule has 206 valence electrons. The lowest BCUT2D eigenvalue weighted by Crippen LogP contribution is -2.35. The van der Waals surface area contributed by atoms with E-state index in [1.807, 2.05) is 26.0 Å². The molecule has 1 aliphatic rings. The van der Waals surface area contributed by atoms with Crippen molar-refractivity contribution in [3.05, 3.63) is 69.7 Å². The second-order valence-electron chi connectivity index (χ2n) is 11.2. The van der Waals surface area contributed by atoms with E-state index in [2.05, 4.69) is 41.0 Å². The zero-order valence-electron chi connectivity index (χ0n) is 22.9. The fraction of sp³-hybridized carbons (Fsp3) is 0.407. The van der Waals surface area contributed by atoms with Crippen LogP contribution in [0.3, 0.4) is 0 Å². The summed E-state index contributed by atoms with van der Waals surface area (Å²) in [5.74, 6) is -0.297. The molecule has 5 rings (SSSR count). The van der Waals surface area contributed by atoms with Gasteiger partial charge in [-0.15, -0.1) is 0 Å². The van der Waals surface area contributed by atoms with Gasteiger partial charge in [0.15, 0.2) is 5.65 Å². The fourth-order valence-electron chi connectivity index (χ4n) is 4.81. The van der Waals surface area contributed by atoms with Crippen LogP contribution < -0.4 is 10.9 Å². The first-order valence-electron chi connectivity index (χ1n) is 12.7. The average molecular weight is 554 g/mol. The zero-order chi connectivity index (χ0) is 28.3. The lowest BCUT2D eigenvalue weighted by atomic mass is 9.91. The van der Waals surface area contributed by atoms with Crippen LogP contribution in [0.5, 0.6) is 0 Å². The van der Waals surface area contributed by atoms with Gasteiger partial charge in [0.05, 0.1) is 11.9 Å².